The van der Waals surface area contributed by atoms with Crippen molar-refractivity contribution in [2.75, 3.05) is 50.1 Å². The summed E-state index contributed by atoms with van der Waals surface area (Å²) >= 11 is 0. The number of nitrogens with one attached hydrogen (secondary N) is 1. The highest BCUT2D eigenvalue weighted by Gasteiger charge is 2.24. The van der Waals surface area contributed by atoms with Crippen LogP contribution in [0.2, 0.25) is 0 Å². The molecule has 1 aliphatic heterocycles. The summed E-state index contributed by atoms with van der Waals surface area (Å²) in [6.07, 6.45) is 7.09. The molecule has 2 aliphatic rings. The van der Waals surface area contributed by atoms with Gasteiger partial charge in [0.25, 0.3) is 0 Å². The molecule has 1 aliphatic carbocycles. The van der Waals surface area contributed by atoms with Gasteiger partial charge >= 0.3 is 0 Å². The van der Waals surface area contributed by atoms with Gasteiger partial charge in [0.15, 0.2) is 5.82 Å². The Labute approximate surface area is 203 Å². The van der Waals surface area contributed by atoms with Gasteiger partial charge in [-0.25, -0.2) is 9.97 Å². The second kappa shape index (κ2) is 11.8. The molecule has 1 unspecified atom stereocenters. The topological polar surface area (TPSA) is 94.0 Å². The lowest BCUT2D eigenvalue weighted by Gasteiger charge is -2.34. The van der Waals surface area contributed by atoms with Gasteiger partial charge in [-0.3, -0.25) is 0 Å². The number of hydrogen-bond acceptors (Lipinski definition) is 8. The van der Waals surface area contributed by atoms with Gasteiger partial charge in [0, 0.05) is 44.4 Å². The van der Waals surface area contributed by atoms with E-state index in [1.165, 1.54) is 32.1 Å². The second-order valence-electron chi connectivity index (χ2n) is 9.60. The first kappa shape index (κ1) is 24.7. The van der Waals surface area contributed by atoms with E-state index in [1.54, 1.807) is 7.05 Å². The Bertz CT molecular complexity index is 921. The number of nitrogens with zero attached hydrogens (tertiary/aromatic N) is 4. The van der Waals surface area contributed by atoms with Crippen molar-refractivity contribution >= 4 is 11.6 Å². The Morgan fingerprint density at radius 1 is 1.15 bits per heavy atom. The van der Waals surface area contributed by atoms with Crippen molar-refractivity contribution in [2.24, 2.45) is 0 Å². The predicted molar refractivity (Wildman–Crippen MR) is 136 cm³/mol. The van der Waals surface area contributed by atoms with E-state index < -0.39 is 6.10 Å². The third-order valence-corrected chi connectivity index (χ3v) is 6.88. The van der Waals surface area contributed by atoms with Crippen molar-refractivity contribution in [3.05, 3.63) is 30.3 Å². The van der Waals surface area contributed by atoms with Crippen LogP contribution in [0.4, 0.5) is 11.6 Å². The Morgan fingerprint density at radius 3 is 2.74 bits per heavy atom. The largest absolute Gasteiger partial charge is 0.491 e. The van der Waals surface area contributed by atoms with Crippen molar-refractivity contribution < 1.29 is 14.9 Å². The molecule has 0 radical (unpaired) electrons. The van der Waals surface area contributed by atoms with Crippen LogP contribution in [-0.2, 0) is 0 Å². The number of piperidine rings is 1. The average Bonchev–Trinajstić information content (AvgIpc) is 2.87. The molecule has 1 aromatic heterocycles. The third-order valence-electron chi connectivity index (χ3n) is 6.88. The van der Waals surface area contributed by atoms with Crippen LogP contribution in [-0.4, -0.2) is 78.8 Å². The Morgan fingerprint density at radius 2 is 1.97 bits per heavy atom. The summed E-state index contributed by atoms with van der Waals surface area (Å²) in [7, 11) is 3.94. The highest BCUT2D eigenvalue weighted by atomic mass is 16.5. The minimum absolute atomic E-state index is 0.215. The summed E-state index contributed by atoms with van der Waals surface area (Å²) < 4.78 is 5.82. The summed E-state index contributed by atoms with van der Waals surface area (Å²) in [4.78, 5) is 14.4. The van der Waals surface area contributed by atoms with Crippen LogP contribution >= 0.6 is 0 Å². The zero-order valence-corrected chi connectivity index (χ0v) is 20.5. The first-order valence-electron chi connectivity index (χ1n) is 12.6. The second-order valence-corrected chi connectivity index (χ2v) is 9.60. The van der Waals surface area contributed by atoms with Crippen LogP contribution in [0.3, 0.4) is 0 Å². The monoisotopic (exact) mass is 469 g/mol. The fourth-order valence-electron chi connectivity index (χ4n) is 4.92. The number of hydrogen-bond donors (Lipinski definition) is 3. The van der Waals surface area contributed by atoms with Crippen LogP contribution in [0.25, 0.3) is 11.4 Å². The molecule has 34 heavy (non-hydrogen) atoms. The standard InChI is InChI=1S/C26H39N5O3/c1-27-16-22(33)18-34-23-12-6-8-19(14-23)26-28-24(30(2)20-9-4-3-5-10-20)15-25(29-26)31-13-7-11-21(32)17-31/h6,8,12,14-15,20-22,27,32-33H,3-5,7,9-11,13,16-18H2,1-2H3/t21-,22?/m0/s1. The van der Waals surface area contributed by atoms with Crippen LogP contribution < -0.4 is 19.9 Å². The lowest BCUT2D eigenvalue weighted by Crippen LogP contribution is -2.39. The van der Waals surface area contributed by atoms with E-state index in [4.69, 9.17) is 14.7 Å². The number of benzene rings is 1. The molecule has 0 spiro atoms. The van der Waals surface area contributed by atoms with Crippen LogP contribution in [0.5, 0.6) is 5.75 Å². The smallest absolute Gasteiger partial charge is 0.163 e. The third kappa shape index (κ3) is 6.37. The molecule has 8 nitrogen and oxygen atoms in total. The van der Waals surface area contributed by atoms with Gasteiger partial charge in [0.2, 0.25) is 0 Å². The molecule has 1 saturated carbocycles. The van der Waals surface area contributed by atoms with Gasteiger partial charge in [0.1, 0.15) is 30.1 Å². The Balaban J connectivity index is 1.63. The lowest BCUT2D eigenvalue weighted by molar-refractivity contribution is 0.108. The summed E-state index contributed by atoms with van der Waals surface area (Å²) in [5.41, 5.74) is 0.873. The molecule has 2 aromatic rings. The molecule has 3 N–H and O–H groups in total. The van der Waals surface area contributed by atoms with Crippen molar-refractivity contribution in [2.45, 2.75) is 63.2 Å². The number of β-amino-alcohol motifs (C(OH)–C–C–N with tert-alkyl or cyclic N) is 1. The molecule has 0 bridgehead atoms. The molecule has 2 heterocycles. The summed E-state index contributed by atoms with van der Waals surface area (Å²) in [5, 5.41) is 23.2. The number of anilines is 2. The lowest BCUT2D eigenvalue weighted by atomic mass is 9.94. The molecule has 0 amide bonds. The van der Waals surface area contributed by atoms with E-state index in [1.807, 2.05) is 24.3 Å². The summed E-state index contributed by atoms with van der Waals surface area (Å²) in [5.74, 6) is 3.11. The van der Waals surface area contributed by atoms with E-state index in [9.17, 15) is 10.2 Å². The molecule has 8 heteroatoms. The Hall–Kier alpha value is -2.42. The van der Waals surface area contributed by atoms with Gasteiger partial charge in [-0.2, -0.15) is 0 Å². The molecule has 186 valence electrons. The molecule has 4 rings (SSSR count). The molecule has 1 saturated heterocycles. The number of likely N-dealkylation sites (N-methyl/N-ethyl adjacent to an activating group) is 1. The fraction of sp³-hybridized carbons (Fsp3) is 0.615. The van der Waals surface area contributed by atoms with Crippen LogP contribution in [0, 0.1) is 0 Å². The van der Waals surface area contributed by atoms with E-state index in [0.717, 1.165) is 36.6 Å². The molecule has 2 atom stereocenters. The van der Waals surface area contributed by atoms with Crippen molar-refractivity contribution in [1.82, 2.24) is 15.3 Å². The van der Waals surface area contributed by atoms with E-state index in [0.29, 0.717) is 30.7 Å². The van der Waals surface area contributed by atoms with Crippen molar-refractivity contribution in [3.63, 3.8) is 0 Å². The van der Waals surface area contributed by atoms with E-state index >= 15 is 0 Å². The highest BCUT2D eigenvalue weighted by Crippen LogP contribution is 2.31. The van der Waals surface area contributed by atoms with Crippen LogP contribution in [0.15, 0.2) is 30.3 Å². The van der Waals surface area contributed by atoms with Crippen molar-refractivity contribution in [3.8, 4) is 17.1 Å². The number of rotatable bonds is 9. The number of ether oxygens (including phenoxy) is 1. The molecule has 1 aromatic carbocycles. The van der Waals surface area contributed by atoms with Gasteiger partial charge < -0.3 is 30.1 Å². The summed E-state index contributed by atoms with van der Waals surface area (Å²) in [6, 6.07) is 10.3. The SMILES string of the molecule is CNCC(O)COc1cccc(-c2nc(N3CCC[C@H](O)C3)cc(N(C)C3CCCCC3)n2)c1. The van der Waals surface area contributed by atoms with Gasteiger partial charge in [-0.1, -0.05) is 31.4 Å². The first-order chi connectivity index (χ1) is 16.5. The quantitative estimate of drug-likeness (QED) is 0.516. The minimum atomic E-state index is -0.575. The predicted octanol–water partition coefficient (Wildman–Crippen LogP) is 2.83. The summed E-state index contributed by atoms with van der Waals surface area (Å²) in [6.45, 7) is 2.16. The highest BCUT2D eigenvalue weighted by molar-refractivity contribution is 5.64. The van der Waals surface area contributed by atoms with Crippen LogP contribution in [0.1, 0.15) is 44.9 Å². The first-order valence-corrected chi connectivity index (χ1v) is 12.6. The van der Waals surface area contributed by atoms with Gasteiger partial charge in [0.05, 0.1) is 6.10 Å². The number of aromatic nitrogens is 2. The van der Waals surface area contributed by atoms with Gasteiger partial charge in [-0.15, -0.1) is 0 Å². The van der Waals surface area contributed by atoms with E-state index in [2.05, 4.69) is 28.2 Å². The zero-order valence-electron chi connectivity index (χ0n) is 20.5. The minimum Gasteiger partial charge on any atom is -0.491 e. The average molecular weight is 470 g/mol. The molecular formula is C26H39N5O3. The maximum absolute atomic E-state index is 10.3. The van der Waals surface area contributed by atoms with E-state index in [-0.39, 0.29) is 12.7 Å². The fourth-order valence-corrected chi connectivity index (χ4v) is 4.92. The zero-order chi connectivity index (χ0) is 23.9. The van der Waals surface area contributed by atoms with Crippen molar-refractivity contribution in [1.29, 1.82) is 0 Å². The molecule has 2 fully saturated rings. The normalized spacial score (nSPS) is 20.2. The Kier molecular flexibility index (Phi) is 8.59. The molecular weight excluding hydrogens is 430 g/mol. The van der Waals surface area contributed by atoms with Gasteiger partial charge in [-0.05, 0) is 44.9 Å². The number of aliphatic hydroxyl groups excluding tert-OH is 2. The maximum atomic E-state index is 10.3. The number of aliphatic hydroxyl groups is 2. The maximum Gasteiger partial charge on any atom is 0.163 e.